The minimum atomic E-state index is 0.668. The highest BCUT2D eigenvalue weighted by molar-refractivity contribution is 8.14. The van der Waals surface area contributed by atoms with Crippen molar-refractivity contribution in [3.8, 4) is 0 Å². The van der Waals surface area contributed by atoms with Gasteiger partial charge in [0.2, 0.25) is 0 Å². The third-order valence-electron chi connectivity index (χ3n) is 0.828. The predicted octanol–water partition coefficient (Wildman–Crippen LogP) is 0.940. The second kappa shape index (κ2) is 3.10. The van der Waals surface area contributed by atoms with Gasteiger partial charge in [-0.15, -0.1) is 11.8 Å². The van der Waals surface area contributed by atoms with E-state index in [2.05, 4.69) is 4.99 Å². The molecule has 0 bridgehead atoms. The Morgan fingerprint density at radius 3 is 3.38 bits per heavy atom. The van der Waals surface area contributed by atoms with E-state index in [0.29, 0.717) is 6.61 Å². The Morgan fingerprint density at radius 2 is 2.88 bits per heavy atom. The highest BCUT2D eigenvalue weighted by Crippen LogP contribution is 2.13. The third kappa shape index (κ3) is 1.49. The van der Waals surface area contributed by atoms with Gasteiger partial charge in [-0.1, -0.05) is 0 Å². The Balaban J connectivity index is 2.23. The zero-order valence-corrected chi connectivity index (χ0v) is 5.57. The van der Waals surface area contributed by atoms with Crippen LogP contribution in [0.4, 0.5) is 0 Å². The minimum Gasteiger partial charge on any atom is -0.378 e. The second-order valence-corrected chi connectivity index (χ2v) is 2.54. The summed E-state index contributed by atoms with van der Waals surface area (Å²) in [5.74, 6) is 1.01. The molecular weight excluding hydrogens is 122 g/mol. The zero-order valence-electron chi connectivity index (χ0n) is 4.76. The molecule has 1 heterocycles. The van der Waals surface area contributed by atoms with Crippen molar-refractivity contribution in [3.05, 3.63) is 6.54 Å². The van der Waals surface area contributed by atoms with E-state index in [1.807, 2.05) is 6.54 Å². The molecule has 0 unspecified atom stereocenters. The van der Waals surface area contributed by atoms with Gasteiger partial charge in [0, 0.05) is 12.9 Å². The molecule has 1 aliphatic heterocycles. The molecule has 0 fully saturated rings. The van der Waals surface area contributed by atoms with Gasteiger partial charge in [0.25, 0.3) is 0 Å². The zero-order chi connectivity index (χ0) is 5.82. The van der Waals surface area contributed by atoms with Crippen LogP contribution in [0.1, 0.15) is 0 Å². The molecule has 0 atom stereocenters. The van der Waals surface area contributed by atoms with Gasteiger partial charge in [-0.25, -0.2) is 0 Å². The normalized spacial score (nSPS) is 18.9. The van der Waals surface area contributed by atoms with E-state index in [1.165, 1.54) is 0 Å². The van der Waals surface area contributed by atoms with Gasteiger partial charge in [-0.2, -0.15) is 0 Å². The summed E-state index contributed by atoms with van der Waals surface area (Å²) < 4.78 is 4.85. The molecule has 0 amide bonds. The summed E-state index contributed by atoms with van der Waals surface area (Å²) in [6.45, 7) is 2.57. The van der Waals surface area contributed by atoms with Gasteiger partial charge < -0.3 is 4.74 Å². The van der Waals surface area contributed by atoms with E-state index in [9.17, 15) is 0 Å². The second-order valence-electron chi connectivity index (χ2n) is 1.45. The summed E-state index contributed by atoms with van der Waals surface area (Å²) >= 11 is 1.74. The molecular formula is C5H8NOS. The molecule has 0 aromatic heterocycles. The maximum absolute atomic E-state index is 4.85. The van der Waals surface area contributed by atoms with Gasteiger partial charge in [0.15, 0.2) is 0 Å². The van der Waals surface area contributed by atoms with E-state index in [0.717, 1.165) is 10.8 Å². The van der Waals surface area contributed by atoms with Gasteiger partial charge >= 0.3 is 0 Å². The topological polar surface area (TPSA) is 21.6 Å². The molecule has 2 nitrogen and oxygen atoms in total. The van der Waals surface area contributed by atoms with Crippen LogP contribution in [0.2, 0.25) is 0 Å². The number of ether oxygens (including phenoxy) is 1. The number of thioether (sulfide) groups is 1. The highest BCUT2D eigenvalue weighted by atomic mass is 32.2. The lowest BCUT2D eigenvalue weighted by Crippen LogP contribution is -1.97. The van der Waals surface area contributed by atoms with Crippen molar-refractivity contribution in [3.63, 3.8) is 0 Å². The number of nitrogens with zero attached hydrogens (tertiary/aromatic N) is 1. The summed E-state index contributed by atoms with van der Waals surface area (Å²) in [6, 6.07) is 0. The van der Waals surface area contributed by atoms with E-state index >= 15 is 0 Å². The molecule has 1 radical (unpaired) electrons. The molecule has 3 heteroatoms. The molecule has 0 saturated carbocycles. The van der Waals surface area contributed by atoms with E-state index in [1.54, 1.807) is 18.9 Å². The van der Waals surface area contributed by atoms with Gasteiger partial charge in [0.05, 0.1) is 18.2 Å². The molecule has 0 spiro atoms. The van der Waals surface area contributed by atoms with Crippen LogP contribution in [-0.2, 0) is 4.74 Å². The lowest BCUT2D eigenvalue weighted by Gasteiger charge is -1.92. The number of hydrogen-bond donors (Lipinski definition) is 0. The van der Waals surface area contributed by atoms with Crippen LogP contribution >= 0.6 is 11.8 Å². The Kier molecular flexibility index (Phi) is 2.36. The third-order valence-corrected chi connectivity index (χ3v) is 1.70. The summed E-state index contributed by atoms with van der Waals surface area (Å²) in [7, 11) is 1.68. The first-order chi connectivity index (χ1) is 3.93. The Morgan fingerprint density at radius 1 is 2.00 bits per heavy atom. The maximum atomic E-state index is 4.85. The smallest absolute Gasteiger partial charge is 0.0941 e. The van der Waals surface area contributed by atoms with Crippen molar-refractivity contribution < 1.29 is 4.74 Å². The molecule has 1 aliphatic rings. The summed E-state index contributed by atoms with van der Waals surface area (Å²) in [6.07, 6.45) is 0. The Bertz CT molecular complexity index is 103. The number of rotatable bonds is 2. The van der Waals surface area contributed by atoms with Crippen molar-refractivity contribution in [1.29, 1.82) is 0 Å². The number of aliphatic imine (C=N–C) groups is 1. The maximum Gasteiger partial charge on any atom is 0.0941 e. The van der Waals surface area contributed by atoms with Crippen LogP contribution in [0, 0.1) is 6.54 Å². The molecule has 0 saturated heterocycles. The number of methoxy groups -OCH3 is 1. The summed E-state index contributed by atoms with van der Waals surface area (Å²) in [5, 5.41) is 1.09. The predicted molar refractivity (Wildman–Crippen MR) is 36.1 cm³/mol. The van der Waals surface area contributed by atoms with Crippen LogP contribution in [0.15, 0.2) is 4.99 Å². The van der Waals surface area contributed by atoms with Crippen LogP contribution < -0.4 is 0 Å². The fourth-order valence-electron chi connectivity index (χ4n) is 0.512. The van der Waals surface area contributed by atoms with Crippen molar-refractivity contribution in [1.82, 2.24) is 0 Å². The van der Waals surface area contributed by atoms with Gasteiger partial charge in [-0.05, 0) is 0 Å². The van der Waals surface area contributed by atoms with Gasteiger partial charge in [-0.3, -0.25) is 4.99 Å². The van der Waals surface area contributed by atoms with Crippen molar-refractivity contribution in [2.45, 2.75) is 0 Å². The van der Waals surface area contributed by atoms with Crippen molar-refractivity contribution >= 4 is 16.8 Å². The van der Waals surface area contributed by atoms with Crippen molar-refractivity contribution in [2.24, 2.45) is 4.99 Å². The Hall–Kier alpha value is -0.0200. The molecule has 8 heavy (non-hydrogen) atoms. The largest absolute Gasteiger partial charge is 0.378 e. The summed E-state index contributed by atoms with van der Waals surface area (Å²) in [4.78, 5) is 4.06. The molecule has 1 rings (SSSR count). The van der Waals surface area contributed by atoms with Crippen LogP contribution in [0.3, 0.4) is 0 Å². The van der Waals surface area contributed by atoms with Crippen molar-refractivity contribution in [2.75, 3.05) is 19.5 Å². The first kappa shape index (κ1) is 6.11. The van der Waals surface area contributed by atoms with E-state index in [4.69, 9.17) is 4.74 Å². The first-order valence-corrected chi connectivity index (χ1v) is 3.42. The molecule has 0 aromatic carbocycles. The SMILES string of the molecule is COCC1=N[CH]CS1. The Labute approximate surface area is 53.3 Å². The average molecular weight is 130 g/mol. The van der Waals surface area contributed by atoms with E-state index in [-0.39, 0.29) is 0 Å². The quantitative estimate of drug-likeness (QED) is 0.555. The van der Waals surface area contributed by atoms with Crippen LogP contribution in [0.5, 0.6) is 0 Å². The molecule has 0 aliphatic carbocycles. The fraction of sp³-hybridized carbons (Fsp3) is 0.600. The van der Waals surface area contributed by atoms with Gasteiger partial charge in [0.1, 0.15) is 0 Å². The minimum absolute atomic E-state index is 0.668. The fourth-order valence-corrected chi connectivity index (χ4v) is 1.20. The monoisotopic (exact) mass is 130 g/mol. The number of hydrogen-bond acceptors (Lipinski definition) is 3. The summed E-state index contributed by atoms with van der Waals surface area (Å²) in [5.41, 5.74) is 0. The molecule has 45 valence electrons. The lowest BCUT2D eigenvalue weighted by molar-refractivity contribution is 0.247. The highest BCUT2D eigenvalue weighted by Gasteiger charge is 2.04. The van der Waals surface area contributed by atoms with E-state index < -0.39 is 0 Å². The standard InChI is InChI=1S/C5H8NOS/c1-7-4-5-6-2-3-8-5/h2H,3-4H2,1H3. The average Bonchev–Trinajstić information content (AvgIpc) is 2.19. The van der Waals surface area contributed by atoms with Crippen LogP contribution in [-0.4, -0.2) is 24.5 Å². The molecule has 0 aromatic rings. The molecule has 0 N–H and O–H groups in total. The first-order valence-electron chi connectivity index (χ1n) is 2.43. The van der Waals surface area contributed by atoms with Crippen LogP contribution in [0.25, 0.3) is 0 Å². The lowest BCUT2D eigenvalue weighted by atomic mass is 10.7.